The summed E-state index contributed by atoms with van der Waals surface area (Å²) in [5.41, 5.74) is 0. The van der Waals surface area contributed by atoms with E-state index in [9.17, 15) is 8.42 Å². The zero-order valence-corrected chi connectivity index (χ0v) is 7.68. The Kier molecular flexibility index (Phi) is 2.90. The summed E-state index contributed by atoms with van der Waals surface area (Å²) in [5.74, 6) is 0. The van der Waals surface area contributed by atoms with Gasteiger partial charge in [-0.25, -0.2) is 0 Å². The van der Waals surface area contributed by atoms with Gasteiger partial charge in [0, 0.05) is 17.2 Å². The van der Waals surface area contributed by atoms with Crippen LogP contribution in [0.25, 0.3) is 0 Å². The van der Waals surface area contributed by atoms with Crippen molar-refractivity contribution >= 4 is 19.9 Å². The molecule has 1 heterocycles. The Morgan fingerprint density at radius 1 is 1.67 bits per heavy atom. The average molecular weight is 211 g/mol. The molecule has 1 saturated heterocycles. The lowest BCUT2D eigenvalue weighted by Crippen LogP contribution is -2.43. The zero-order valence-electron chi connectivity index (χ0n) is 6.10. The molecule has 12 heavy (non-hydrogen) atoms. The maximum atomic E-state index is 10.8. The van der Waals surface area contributed by atoms with E-state index in [1.54, 1.807) is 0 Å². The molecule has 7 heteroatoms. The number of hydrogen-bond acceptors (Lipinski definition) is 4. The van der Waals surface area contributed by atoms with Gasteiger partial charge < -0.3 is 4.74 Å². The van der Waals surface area contributed by atoms with Crippen molar-refractivity contribution in [3.8, 4) is 6.07 Å². The van der Waals surface area contributed by atoms with E-state index in [0.29, 0.717) is 0 Å². The summed E-state index contributed by atoms with van der Waals surface area (Å²) in [6.07, 6.45) is -0.702. The van der Waals surface area contributed by atoms with Crippen molar-refractivity contribution in [1.82, 2.24) is 4.31 Å². The van der Waals surface area contributed by atoms with Crippen LogP contribution < -0.4 is 0 Å². The predicted octanol–water partition coefficient (Wildman–Crippen LogP) is -0.306. The van der Waals surface area contributed by atoms with Gasteiger partial charge in [-0.2, -0.15) is 18.0 Å². The van der Waals surface area contributed by atoms with Crippen molar-refractivity contribution in [1.29, 1.82) is 5.26 Å². The summed E-state index contributed by atoms with van der Waals surface area (Å²) < 4.78 is 27.5. The molecule has 1 rings (SSSR count). The third-order valence-corrected chi connectivity index (χ3v) is 3.02. The Bertz CT molecular complexity index is 296. The Morgan fingerprint density at radius 2 is 2.33 bits per heavy atom. The van der Waals surface area contributed by atoms with E-state index in [0.717, 1.165) is 4.31 Å². The second-order valence-electron chi connectivity index (χ2n) is 2.29. The number of morpholine rings is 1. The number of halogens is 1. The third kappa shape index (κ3) is 2.32. The molecule has 0 aromatic carbocycles. The van der Waals surface area contributed by atoms with Crippen LogP contribution in [0, 0.1) is 11.3 Å². The number of rotatable bonds is 1. The first-order valence-corrected chi connectivity index (χ1v) is 5.51. The fourth-order valence-corrected chi connectivity index (χ4v) is 1.88. The normalized spacial score (nSPS) is 26.5. The van der Waals surface area contributed by atoms with Gasteiger partial charge >= 0.3 is 0 Å². The number of nitriles is 1. The summed E-state index contributed by atoms with van der Waals surface area (Å²) in [7, 11) is 1.37. The molecule has 1 aliphatic heterocycles. The molecule has 0 bridgehead atoms. The van der Waals surface area contributed by atoms with Crippen LogP contribution in [0.2, 0.25) is 0 Å². The predicted molar refractivity (Wildman–Crippen MR) is 41.7 cm³/mol. The smallest absolute Gasteiger partial charge is 0.299 e. The SMILES string of the molecule is N#CC1CN(S(=O)(=O)Cl)CCO1. The molecule has 68 valence electrons. The van der Waals surface area contributed by atoms with Crippen LogP contribution in [-0.4, -0.2) is 38.5 Å². The highest BCUT2D eigenvalue weighted by atomic mass is 35.7. The average Bonchev–Trinajstić information content (AvgIpc) is 2.03. The molecule has 0 N–H and O–H groups in total. The van der Waals surface area contributed by atoms with Gasteiger partial charge in [-0.1, -0.05) is 0 Å². The van der Waals surface area contributed by atoms with Crippen molar-refractivity contribution in [2.24, 2.45) is 0 Å². The second kappa shape index (κ2) is 3.58. The van der Waals surface area contributed by atoms with Gasteiger partial charge in [-0.05, 0) is 0 Å². The van der Waals surface area contributed by atoms with Crippen LogP contribution in [0.15, 0.2) is 0 Å². The van der Waals surface area contributed by atoms with E-state index in [1.807, 2.05) is 6.07 Å². The molecule has 1 aliphatic rings. The van der Waals surface area contributed by atoms with Gasteiger partial charge in [0.2, 0.25) is 0 Å². The number of hydrogen-bond donors (Lipinski definition) is 0. The summed E-state index contributed by atoms with van der Waals surface area (Å²) in [6.45, 7) is 0.441. The highest BCUT2D eigenvalue weighted by molar-refractivity contribution is 8.11. The molecule has 1 atom stereocenters. The third-order valence-electron chi connectivity index (χ3n) is 1.48. The van der Waals surface area contributed by atoms with Gasteiger partial charge in [0.05, 0.1) is 19.2 Å². The van der Waals surface area contributed by atoms with Crippen molar-refractivity contribution in [2.45, 2.75) is 6.10 Å². The topological polar surface area (TPSA) is 70.4 Å². The highest BCUT2D eigenvalue weighted by Crippen LogP contribution is 2.12. The largest absolute Gasteiger partial charge is 0.361 e. The molecule has 1 unspecified atom stereocenters. The Balaban J connectivity index is 2.66. The van der Waals surface area contributed by atoms with E-state index < -0.39 is 15.3 Å². The van der Waals surface area contributed by atoms with Gasteiger partial charge in [-0.15, -0.1) is 0 Å². The lowest BCUT2D eigenvalue weighted by atomic mass is 10.3. The van der Waals surface area contributed by atoms with Crippen LogP contribution >= 0.6 is 10.7 Å². The summed E-state index contributed by atoms with van der Waals surface area (Å²) in [4.78, 5) is 0. The fourth-order valence-electron chi connectivity index (χ4n) is 0.902. The number of ether oxygens (including phenoxy) is 1. The van der Waals surface area contributed by atoms with Crippen molar-refractivity contribution in [3.63, 3.8) is 0 Å². The molecule has 0 saturated carbocycles. The van der Waals surface area contributed by atoms with E-state index >= 15 is 0 Å². The summed E-state index contributed by atoms with van der Waals surface area (Å²) >= 11 is 0. The lowest BCUT2D eigenvalue weighted by Gasteiger charge is -2.26. The molecule has 5 nitrogen and oxygen atoms in total. The zero-order chi connectivity index (χ0) is 9.19. The second-order valence-corrected chi connectivity index (χ2v) is 4.80. The molecule has 0 aromatic rings. The Labute approximate surface area is 75.0 Å². The van der Waals surface area contributed by atoms with Crippen LogP contribution in [0.3, 0.4) is 0 Å². The van der Waals surface area contributed by atoms with Crippen molar-refractivity contribution < 1.29 is 13.2 Å². The van der Waals surface area contributed by atoms with E-state index in [1.165, 1.54) is 0 Å². The lowest BCUT2D eigenvalue weighted by molar-refractivity contribution is 0.0319. The van der Waals surface area contributed by atoms with E-state index in [4.69, 9.17) is 20.7 Å². The molecular weight excluding hydrogens is 204 g/mol. The first-order chi connectivity index (χ1) is 5.54. The van der Waals surface area contributed by atoms with E-state index in [-0.39, 0.29) is 19.7 Å². The van der Waals surface area contributed by atoms with Gasteiger partial charge in [0.1, 0.15) is 0 Å². The van der Waals surface area contributed by atoms with Gasteiger partial charge in [-0.3, -0.25) is 0 Å². The maximum absolute atomic E-state index is 10.8. The van der Waals surface area contributed by atoms with Crippen LogP contribution in [-0.2, 0) is 14.0 Å². The van der Waals surface area contributed by atoms with Crippen molar-refractivity contribution in [3.05, 3.63) is 0 Å². The Hall–Kier alpha value is -0.350. The van der Waals surface area contributed by atoms with E-state index in [2.05, 4.69) is 0 Å². The maximum Gasteiger partial charge on any atom is 0.299 e. The molecule has 0 spiro atoms. The molecule has 0 amide bonds. The standard InChI is InChI=1S/C5H7ClN2O3S/c6-12(9,10)8-1-2-11-5(3-7)4-8/h5H,1-2,4H2. The fraction of sp³-hybridized carbons (Fsp3) is 0.800. The highest BCUT2D eigenvalue weighted by Gasteiger charge is 2.27. The molecular formula is C5H7ClN2O3S. The van der Waals surface area contributed by atoms with Crippen molar-refractivity contribution in [2.75, 3.05) is 19.7 Å². The Morgan fingerprint density at radius 3 is 2.83 bits per heavy atom. The monoisotopic (exact) mass is 210 g/mol. The minimum Gasteiger partial charge on any atom is -0.361 e. The molecule has 1 fully saturated rings. The first-order valence-electron chi connectivity index (χ1n) is 3.25. The minimum absolute atomic E-state index is 0.0162. The van der Waals surface area contributed by atoms with Gasteiger partial charge in [0.15, 0.2) is 6.10 Å². The number of nitrogens with zero attached hydrogens (tertiary/aromatic N) is 2. The van der Waals surface area contributed by atoms with Gasteiger partial charge in [0.25, 0.3) is 9.24 Å². The molecule has 0 radical (unpaired) electrons. The quantitative estimate of drug-likeness (QED) is 0.557. The molecule has 0 aromatic heterocycles. The van der Waals surface area contributed by atoms with Crippen LogP contribution in [0.4, 0.5) is 0 Å². The van der Waals surface area contributed by atoms with Crippen LogP contribution in [0.5, 0.6) is 0 Å². The minimum atomic E-state index is -3.69. The first kappa shape index (κ1) is 9.74. The summed E-state index contributed by atoms with van der Waals surface area (Å²) in [6, 6.07) is 1.82. The van der Waals surface area contributed by atoms with Crippen LogP contribution in [0.1, 0.15) is 0 Å². The summed E-state index contributed by atoms with van der Waals surface area (Å²) in [5, 5.41) is 8.43. The molecule has 0 aliphatic carbocycles.